The van der Waals surface area contributed by atoms with Gasteiger partial charge in [-0.1, -0.05) is 6.07 Å². The maximum atomic E-state index is 11.9. The number of fused-ring (bicyclic) bond motifs is 1. The molecule has 0 saturated carbocycles. The topological polar surface area (TPSA) is 90.4 Å². The molecule has 1 aromatic carbocycles. The van der Waals surface area contributed by atoms with Gasteiger partial charge in [0.15, 0.2) is 5.57 Å². The molecule has 0 unspecified atom stereocenters. The van der Waals surface area contributed by atoms with E-state index in [-0.39, 0.29) is 5.57 Å². The summed E-state index contributed by atoms with van der Waals surface area (Å²) in [5.41, 5.74) is 1.96. The monoisotopic (exact) mass is 313 g/mol. The zero-order valence-corrected chi connectivity index (χ0v) is 12.9. The van der Waals surface area contributed by atoms with Crippen molar-refractivity contribution in [2.24, 2.45) is 0 Å². The third-order valence-corrected chi connectivity index (χ3v) is 3.24. The maximum absolute atomic E-state index is 11.9. The Bertz CT molecular complexity index is 820. The van der Waals surface area contributed by atoms with Crippen LogP contribution in [0.3, 0.4) is 0 Å². The molecule has 1 aliphatic heterocycles. The van der Waals surface area contributed by atoms with Crippen LogP contribution in [0.5, 0.6) is 0 Å². The lowest BCUT2D eigenvalue weighted by molar-refractivity contribution is -0.222. The van der Waals surface area contributed by atoms with E-state index in [1.165, 1.54) is 20.0 Å². The van der Waals surface area contributed by atoms with Crippen LogP contribution < -0.4 is 5.32 Å². The van der Waals surface area contributed by atoms with E-state index in [0.717, 1.165) is 11.1 Å². The van der Waals surface area contributed by atoms with E-state index >= 15 is 0 Å². The summed E-state index contributed by atoms with van der Waals surface area (Å²) in [5.74, 6) is -2.71. The molecule has 2 aromatic rings. The number of rotatable bonds is 2. The predicted octanol–water partition coefficient (Wildman–Crippen LogP) is 2.07. The van der Waals surface area contributed by atoms with Crippen LogP contribution in [0.4, 0.5) is 5.69 Å². The fraction of sp³-hybridized carbons (Fsp3) is 0.250. The highest BCUT2D eigenvalue weighted by Crippen LogP contribution is 2.25. The van der Waals surface area contributed by atoms with Crippen LogP contribution in [-0.2, 0) is 19.1 Å². The highest BCUT2D eigenvalue weighted by molar-refractivity contribution is 6.15. The molecular weight excluding hydrogens is 298 g/mol. The summed E-state index contributed by atoms with van der Waals surface area (Å²) in [4.78, 5) is 23.8. The van der Waals surface area contributed by atoms with Crippen molar-refractivity contribution in [2.45, 2.75) is 26.6 Å². The normalized spacial score (nSPS) is 16.7. The standard InChI is InChI=1S/C16H15N3O4/c1-9-7-10-12(5-4-6-13(10)19-18-9)17-8-11-14(20)22-16(2,3)23-15(11)21/h4-8,17H,1-3H3. The number of aryl methyl sites for hydroxylation is 1. The highest BCUT2D eigenvalue weighted by Gasteiger charge is 2.38. The number of anilines is 1. The number of nitrogens with one attached hydrogen (secondary N) is 1. The summed E-state index contributed by atoms with van der Waals surface area (Å²) in [7, 11) is 0. The molecule has 7 heteroatoms. The molecule has 1 aromatic heterocycles. The van der Waals surface area contributed by atoms with E-state index in [0.29, 0.717) is 11.2 Å². The second-order valence-electron chi connectivity index (χ2n) is 5.61. The number of nitrogens with zero attached hydrogens (tertiary/aromatic N) is 2. The third-order valence-electron chi connectivity index (χ3n) is 3.24. The van der Waals surface area contributed by atoms with Crippen LogP contribution in [0.1, 0.15) is 19.5 Å². The van der Waals surface area contributed by atoms with Crippen molar-refractivity contribution in [3.05, 3.63) is 41.7 Å². The molecule has 0 aliphatic carbocycles. The number of carbonyl (C=O) groups excluding carboxylic acids is 2. The molecule has 0 radical (unpaired) electrons. The number of hydrogen-bond donors (Lipinski definition) is 1. The molecule has 0 amide bonds. The Morgan fingerprint density at radius 1 is 1.13 bits per heavy atom. The molecule has 0 bridgehead atoms. The predicted molar refractivity (Wildman–Crippen MR) is 82.2 cm³/mol. The first-order chi connectivity index (χ1) is 10.9. The Hall–Kier alpha value is -2.96. The van der Waals surface area contributed by atoms with E-state index in [1.807, 2.05) is 25.1 Å². The second kappa shape index (κ2) is 5.35. The number of aromatic nitrogens is 2. The van der Waals surface area contributed by atoms with Crippen molar-refractivity contribution in [3.63, 3.8) is 0 Å². The Kier molecular flexibility index (Phi) is 3.48. The first kappa shape index (κ1) is 15.0. The summed E-state index contributed by atoms with van der Waals surface area (Å²) < 4.78 is 10.1. The summed E-state index contributed by atoms with van der Waals surface area (Å²) in [6.45, 7) is 4.83. The van der Waals surface area contributed by atoms with Gasteiger partial charge in [0.25, 0.3) is 5.79 Å². The van der Waals surface area contributed by atoms with Crippen LogP contribution >= 0.6 is 0 Å². The lowest BCUT2D eigenvalue weighted by Crippen LogP contribution is -2.42. The summed E-state index contributed by atoms with van der Waals surface area (Å²) in [5, 5.41) is 11.9. The Labute approximate surface area is 132 Å². The van der Waals surface area contributed by atoms with E-state index < -0.39 is 17.7 Å². The quantitative estimate of drug-likeness (QED) is 0.515. The first-order valence-electron chi connectivity index (χ1n) is 7.02. The fourth-order valence-corrected chi connectivity index (χ4v) is 2.22. The molecule has 1 saturated heterocycles. The zero-order valence-electron chi connectivity index (χ0n) is 12.9. The Morgan fingerprint density at radius 3 is 2.52 bits per heavy atom. The summed E-state index contributed by atoms with van der Waals surface area (Å²) >= 11 is 0. The van der Waals surface area contributed by atoms with E-state index in [9.17, 15) is 9.59 Å². The van der Waals surface area contributed by atoms with Crippen LogP contribution in [0.25, 0.3) is 10.9 Å². The molecule has 1 aliphatic rings. The van der Waals surface area contributed by atoms with Gasteiger partial charge in [0.1, 0.15) is 0 Å². The van der Waals surface area contributed by atoms with Gasteiger partial charge in [0.2, 0.25) is 0 Å². The molecule has 2 heterocycles. The lowest BCUT2D eigenvalue weighted by atomic mass is 10.1. The Balaban J connectivity index is 1.93. The molecule has 0 spiro atoms. The van der Waals surface area contributed by atoms with Crippen molar-refractivity contribution in [2.75, 3.05) is 5.32 Å². The van der Waals surface area contributed by atoms with E-state index in [2.05, 4.69) is 15.5 Å². The van der Waals surface area contributed by atoms with Gasteiger partial charge in [-0.05, 0) is 25.1 Å². The van der Waals surface area contributed by atoms with Crippen molar-refractivity contribution in [1.82, 2.24) is 10.2 Å². The largest absolute Gasteiger partial charge is 0.419 e. The highest BCUT2D eigenvalue weighted by atomic mass is 16.7. The van der Waals surface area contributed by atoms with Gasteiger partial charge in [-0.25, -0.2) is 9.59 Å². The van der Waals surface area contributed by atoms with Gasteiger partial charge in [-0.3, -0.25) is 0 Å². The van der Waals surface area contributed by atoms with E-state index in [1.54, 1.807) is 6.07 Å². The average Bonchev–Trinajstić information content (AvgIpc) is 2.45. The van der Waals surface area contributed by atoms with E-state index in [4.69, 9.17) is 9.47 Å². The summed E-state index contributed by atoms with van der Waals surface area (Å²) in [6.07, 6.45) is 1.28. The molecule has 1 N–H and O–H groups in total. The van der Waals surface area contributed by atoms with Gasteiger partial charge < -0.3 is 14.8 Å². The van der Waals surface area contributed by atoms with Crippen LogP contribution in [0, 0.1) is 6.92 Å². The minimum atomic E-state index is -1.25. The Morgan fingerprint density at radius 2 is 1.83 bits per heavy atom. The second-order valence-corrected chi connectivity index (χ2v) is 5.61. The molecule has 118 valence electrons. The SMILES string of the molecule is Cc1cc2c(NC=C3C(=O)OC(C)(C)OC3=O)cccc2nn1. The summed E-state index contributed by atoms with van der Waals surface area (Å²) in [6, 6.07) is 7.30. The van der Waals surface area contributed by atoms with Gasteiger partial charge in [0, 0.05) is 31.1 Å². The molecular formula is C16H15N3O4. The maximum Gasteiger partial charge on any atom is 0.350 e. The first-order valence-corrected chi connectivity index (χ1v) is 7.02. The van der Waals surface area contributed by atoms with Gasteiger partial charge >= 0.3 is 11.9 Å². The molecule has 7 nitrogen and oxygen atoms in total. The van der Waals surface area contributed by atoms with Gasteiger partial charge in [0.05, 0.1) is 11.2 Å². The minimum Gasteiger partial charge on any atom is -0.419 e. The number of cyclic esters (lactones) is 2. The number of esters is 2. The molecule has 23 heavy (non-hydrogen) atoms. The van der Waals surface area contributed by atoms with Crippen LogP contribution in [-0.4, -0.2) is 27.9 Å². The van der Waals surface area contributed by atoms with Gasteiger partial charge in [-0.2, -0.15) is 10.2 Å². The molecule has 3 rings (SSSR count). The third kappa shape index (κ3) is 2.98. The number of ether oxygens (including phenoxy) is 2. The number of hydrogen-bond acceptors (Lipinski definition) is 7. The van der Waals surface area contributed by atoms with Crippen molar-refractivity contribution in [3.8, 4) is 0 Å². The minimum absolute atomic E-state index is 0.194. The van der Waals surface area contributed by atoms with Gasteiger partial charge in [-0.15, -0.1) is 0 Å². The zero-order chi connectivity index (χ0) is 16.6. The van der Waals surface area contributed by atoms with Crippen molar-refractivity contribution >= 4 is 28.5 Å². The smallest absolute Gasteiger partial charge is 0.350 e. The van der Waals surface area contributed by atoms with Crippen LogP contribution in [0.15, 0.2) is 36.0 Å². The lowest BCUT2D eigenvalue weighted by Gasteiger charge is -2.29. The molecule has 1 fully saturated rings. The van der Waals surface area contributed by atoms with Crippen LogP contribution in [0.2, 0.25) is 0 Å². The number of benzene rings is 1. The number of carbonyl (C=O) groups is 2. The molecule has 0 atom stereocenters. The van der Waals surface area contributed by atoms with Crippen molar-refractivity contribution in [1.29, 1.82) is 0 Å². The average molecular weight is 313 g/mol. The van der Waals surface area contributed by atoms with Crippen molar-refractivity contribution < 1.29 is 19.1 Å². The fourth-order valence-electron chi connectivity index (χ4n) is 2.22.